The molecule has 1 atom stereocenters. The van der Waals surface area contributed by atoms with E-state index in [1.807, 2.05) is 17.9 Å². The maximum atomic E-state index is 12.1. The van der Waals surface area contributed by atoms with Crippen molar-refractivity contribution in [3.8, 4) is 10.6 Å². The van der Waals surface area contributed by atoms with Crippen molar-refractivity contribution in [2.24, 2.45) is 5.92 Å². The van der Waals surface area contributed by atoms with Gasteiger partial charge in [0.1, 0.15) is 11.5 Å². The molecule has 3 rings (SSSR count). The van der Waals surface area contributed by atoms with Crippen molar-refractivity contribution in [1.29, 1.82) is 0 Å². The van der Waals surface area contributed by atoms with Crippen LogP contribution in [0.25, 0.3) is 10.6 Å². The molecule has 5 heteroatoms. The van der Waals surface area contributed by atoms with Crippen LogP contribution in [0, 0.1) is 12.8 Å². The Morgan fingerprint density at radius 3 is 3.00 bits per heavy atom. The van der Waals surface area contributed by atoms with Gasteiger partial charge < -0.3 is 9.88 Å². The van der Waals surface area contributed by atoms with Gasteiger partial charge in [-0.15, -0.1) is 11.3 Å². The molecule has 112 valence electrons. The minimum Gasteiger partial charge on any atom is -0.345 e. The summed E-state index contributed by atoms with van der Waals surface area (Å²) in [6, 6.07) is 4.12. The van der Waals surface area contributed by atoms with Crippen LogP contribution in [0.3, 0.4) is 0 Å². The van der Waals surface area contributed by atoms with Crippen molar-refractivity contribution in [1.82, 2.24) is 14.9 Å². The monoisotopic (exact) mass is 303 g/mol. The summed E-state index contributed by atoms with van der Waals surface area (Å²) < 4.78 is 0. The van der Waals surface area contributed by atoms with Crippen LogP contribution in [0.1, 0.15) is 37.7 Å². The molecule has 3 heterocycles. The van der Waals surface area contributed by atoms with Gasteiger partial charge in [-0.2, -0.15) is 0 Å². The standard InChI is InChI=1S/C16H21N3OS/c1-10(2)8-19-9-12(7-14(19)20)16-17-11(3)15(18-16)13-5-4-6-21-13/h4-6,10,12H,7-9H2,1-3H3,(H,17,18). The van der Waals surface area contributed by atoms with E-state index < -0.39 is 0 Å². The average Bonchev–Trinajstić information content (AvgIpc) is 3.10. The highest BCUT2D eigenvalue weighted by atomic mass is 32.1. The third-order valence-corrected chi connectivity index (χ3v) is 4.72. The number of likely N-dealkylation sites (tertiary alicyclic amines) is 1. The van der Waals surface area contributed by atoms with Crippen LogP contribution in [0.2, 0.25) is 0 Å². The molecule has 1 amide bonds. The molecule has 1 saturated heterocycles. The number of aromatic amines is 1. The first-order chi connectivity index (χ1) is 10.0. The minimum absolute atomic E-state index is 0.198. The first-order valence-electron chi connectivity index (χ1n) is 7.42. The molecule has 0 aliphatic carbocycles. The van der Waals surface area contributed by atoms with E-state index in [1.54, 1.807) is 11.3 Å². The number of carbonyl (C=O) groups is 1. The van der Waals surface area contributed by atoms with Crippen molar-refractivity contribution in [2.45, 2.75) is 33.1 Å². The van der Waals surface area contributed by atoms with E-state index in [2.05, 4.69) is 30.3 Å². The summed E-state index contributed by atoms with van der Waals surface area (Å²) in [6.07, 6.45) is 0.573. The lowest BCUT2D eigenvalue weighted by molar-refractivity contribution is -0.128. The molecule has 1 N–H and O–H groups in total. The van der Waals surface area contributed by atoms with Crippen molar-refractivity contribution in [3.63, 3.8) is 0 Å². The van der Waals surface area contributed by atoms with Crippen LogP contribution in [-0.4, -0.2) is 33.9 Å². The number of rotatable bonds is 4. The van der Waals surface area contributed by atoms with Crippen molar-refractivity contribution >= 4 is 17.2 Å². The van der Waals surface area contributed by atoms with E-state index in [0.717, 1.165) is 30.3 Å². The maximum absolute atomic E-state index is 12.1. The number of aryl methyl sites for hydroxylation is 1. The lowest BCUT2D eigenvalue weighted by atomic mass is 10.1. The minimum atomic E-state index is 0.198. The summed E-state index contributed by atoms with van der Waals surface area (Å²) in [7, 11) is 0. The molecule has 0 saturated carbocycles. The van der Waals surface area contributed by atoms with Crippen LogP contribution >= 0.6 is 11.3 Å². The van der Waals surface area contributed by atoms with Gasteiger partial charge in [0.2, 0.25) is 5.91 Å². The molecule has 0 bridgehead atoms. The Kier molecular flexibility index (Phi) is 3.85. The quantitative estimate of drug-likeness (QED) is 0.941. The number of amides is 1. The predicted molar refractivity (Wildman–Crippen MR) is 85.4 cm³/mol. The molecule has 1 unspecified atom stereocenters. The number of thiophene rings is 1. The van der Waals surface area contributed by atoms with Gasteiger partial charge in [0.15, 0.2) is 0 Å². The van der Waals surface area contributed by atoms with Crippen molar-refractivity contribution < 1.29 is 4.79 Å². The second-order valence-electron chi connectivity index (χ2n) is 6.17. The summed E-state index contributed by atoms with van der Waals surface area (Å²) in [4.78, 5) is 23.4. The predicted octanol–water partition coefficient (Wildman–Crippen LogP) is 3.42. The van der Waals surface area contributed by atoms with Gasteiger partial charge in [0.05, 0.1) is 4.88 Å². The number of hydrogen-bond donors (Lipinski definition) is 1. The van der Waals surface area contributed by atoms with Crippen LogP contribution in [0.4, 0.5) is 0 Å². The summed E-state index contributed by atoms with van der Waals surface area (Å²) in [5.74, 6) is 1.91. The molecule has 0 radical (unpaired) electrons. The van der Waals surface area contributed by atoms with E-state index in [9.17, 15) is 4.79 Å². The highest BCUT2D eigenvalue weighted by Crippen LogP contribution is 2.31. The van der Waals surface area contributed by atoms with Gasteiger partial charge in [0, 0.05) is 31.1 Å². The van der Waals surface area contributed by atoms with Gasteiger partial charge in [-0.25, -0.2) is 4.98 Å². The Hall–Kier alpha value is -1.62. The average molecular weight is 303 g/mol. The molecule has 1 aliphatic rings. The van der Waals surface area contributed by atoms with E-state index in [0.29, 0.717) is 12.3 Å². The van der Waals surface area contributed by atoms with E-state index in [-0.39, 0.29) is 11.8 Å². The SMILES string of the molecule is Cc1[nH]c(C2CC(=O)N(CC(C)C)C2)nc1-c1cccs1. The molecular formula is C16H21N3OS. The Bertz CT molecular complexity index is 630. The lowest BCUT2D eigenvalue weighted by Crippen LogP contribution is -2.29. The number of nitrogens with zero attached hydrogens (tertiary/aromatic N) is 2. The first-order valence-corrected chi connectivity index (χ1v) is 8.30. The Balaban J connectivity index is 1.80. The van der Waals surface area contributed by atoms with E-state index in [4.69, 9.17) is 4.98 Å². The second kappa shape index (κ2) is 5.64. The topological polar surface area (TPSA) is 49.0 Å². The molecule has 1 fully saturated rings. The first kappa shape index (κ1) is 14.3. The molecule has 0 aromatic carbocycles. The second-order valence-corrected chi connectivity index (χ2v) is 7.11. The third-order valence-electron chi connectivity index (χ3n) is 3.84. The van der Waals surface area contributed by atoms with Crippen molar-refractivity contribution in [3.05, 3.63) is 29.0 Å². The summed E-state index contributed by atoms with van der Waals surface area (Å²) in [5, 5.41) is 2.06. The van der Waals surface area contributed by atoms with Crippen molar-refractivity contribution in [2.75, 3.05) is 13.1 Å². The fourth-order valence-corrected chi connectivity index (χ4v) is 3.67. The highest BCUT2D eigenvalue weighted by Gasteiger charge is 2.33. The van der Waals surface area contributed by atoms with E-state index in [1.165, 1.54) is 4.88 Å². The zero-order chi connectivity index (χ0) is 15.0. The normalized spacial score (nSPS) is 19.0. The summed E-state index contributed by atoms with van der Waals surface area (Å²) in [6.45, 7) is 7.97. The zero-order valence-electron chi connectivity index (χ0n) is 12.7. The maximum Gasteiger partial charge on any atom is 0.223 e. The van der Waals surface area contributed by atoms with Gasteiger partial charge in [-0.05, 0) is 24.3 Å². The number of H-pyrrole nitrogens is 1. The van der Waals surface area contributed by atoms with E-state index >= 15 is 0 Å². The fraction of sp³-hybridized carbons (Fsp3) is 0.500. The number of hydrogen-bond acceptors (Lipinski definition) is 3. The van der Waals surface area contributed by atoms with Crippen LogP contribution in [0.15, 0.2) is 17.5 Å². The number of nitrogens with one attached hydrogen (secondary N) is 1. The van der Waals surface area contributed by atoms with Gasteiger partial charge >= 0.3 is 0 Å². The Morgan fingerprint density at radius 2 is 2.33 bits per heavy atom. The molecule has 1 aliphatic heterocycles. The Morgan fingerprint density at radius 1 is 1.52 bits per heavy atom. The molecule has 0 spiro atoms. The molecule has 21 heavy (non-hydrogen) atoms. The third kappa shape index (κ3) is 2.88. The fourth-order valence-electron chi connectivity index (χ4n) is 2.90. The largest absolute Gasteiger partial charge is 0.345 e. The molecule has 2 aromatic rings. The number of carbonyl (C=O) groups excluding carboxylic acids is 1. The number of imidazole rings is 1. The lowest BCUT2D eigenvalue weighted by Gasteiger charge is -2.18. The summed E-state index contributed by atoms with van der Waals surface area (Å²) in [5.41, 5.74) is 2.11. The van der Waals surface area contributed by atoms with Crippen LogP contribution < -0.4 is 0 Å². The smallest absolute Gasteiger partial charge is 0.223 e. The molecular weight excluding hydrogens is 282 g/mol. The summed E-state index contributed by atoms with van der Waals surface area (Å²) >= 11 is 1.70. The van der Waals surface area contributed by atoms with Crippen LogP contribution in [0.5, 0.6) is 0 Å². The van der Waals surface area contributed by atoms with Gasteiger partial charge in [-0.3, -0.25) is 4.79 Å². The number of aromatic nitrogens is 2. The molecule has 4 nitrogen and oxygen atoms in total. The highest BCUT2D eigenvalue weighted by molar-refractivity contribution is 7.13. The van der Waals surface area contributed by atoms with Gasteiger partial charge in [0.25, 0.3) is 0 Å². The van der Waals surface area contributed by atoms with Crippen LogP contribution in [-0.2, 0) is 4.79 Å². The molecule has 2 aromatic heterocycles. The zero-order valence-corrected chi connectivity index (χ0v) is 13.5. The Labute approximate surface area is 129 Å². The van der Waals surface area contributed by atoms with Gasteiger partial charge in [-0.1, -0.05) is 19.9 Å².